The highest BCUT2D eigenvalue weighted by atomic mass is 32.2. The zero-order chi connectivity index (χ0) is 28.7. The average Bonchev–Trinajstić information content (AvgIpc) is 3.40. The number of carbonyl (C=O) groups is 2. The molecule has 4 rings (SSSR count). The van der Waals surface area contributed by atoms with Crippen LogP contribution in [-0.2, 0) is 26.2 Å². The molecular formula is C30H41N3O6S. The Balaban J connectivity index is 1.47. The van der Waals surface area contributed by atoms with Crippen LogP contribution in [0.5, 0.6) is 11.5 Å². The van der Waals surface area contributed by atoms with E-state index in [0.717, 1.165) is 43.1 Å². The molecule has 1 N–H and O–H groups in total. The molecule has 0 saturated heterocycles. The first-order chi connectivity index (χ1) is 19.2. The summed E-state index contributed by atoms with van der Waals surface area (Å²) < 4.78 is 37.3. The first kappa shape index (κ1) is 29.7. The van der Waals surface area contributed by atoms with E-state index in [9.17, 15) is 18.0 Å². The number of benzene rings is 2. The Morgan fingerprint density at radius 2 is 1.73 bits per heavy atom. The molecule has 1 fully saturated rings. The predicted molar refractivity (Wildman–Crippen MR) is 155 cm³/mol. The SMILES string of the molecule is CC[C@H](C(=O)NC1CCCCC1)N(Cc1ccc(C)cc1)C(=O)CCCN(c1ccc2c(c1)OCO2)S(C)(=O)=O. The van der Waals surface area contributed by atoms with Crippen LogP contribution in [-0.4, -0.2) is 56.8 Å². The lowest BCUT2D eigenvalue weighted by molar-refractivity contribution is -0.141. The van der Waals surface area contributed by atoms with Gasteiger partial charge in [-0.05, 0) is 50.3 Å². The van der Waals surface area contributed by atoms with E-state index in [1.54, 1.807) is 23.1 Å². The van der Waals surface area contributed by atoms with Gasteiger partial charge in [0.25, 0.3) is 0 Å². The highest BCUT2D eigenvalue weighted by Gasteiger charge is 2.30. The first-order valence-corrected chi connectivity index (χ1v) is 16.0. The van der Waals surface area contributed by atoms with Gasteiger partial charge in [0.15, 0.2) is 11.5 Å². The first-order valence-electron chi connectivity index (χ1n) is 14.2. The molecule has 2 aliphatic rings. The van der Waals surface area contributed by atoms with Crippen LogP contribution in [0.1, 0.15) is 69.4 Å². The standard InChI is InChI=1S/C30H41N3O6S/c1-4-26(30(35)31-24-9-6-5-7-10-24)32(20-23-14-12-22(2)13-15-23)29(34)11-8-18-33(40(3,36)37)25-16-17-27-28(19-25)39-21-38-27/h12-17,19,24,26H,4-11,18,20-21H2,1-3H3,(H,31,35)/t26-/m1/s1. The fourth-order valence-electron chi connectivity index (χ4n) is 5.40. The molecule has 1 aliphatic carbocycles. The van der Waals surface area contributed by atoms with Crippen molar-refractivity contribution in [3.8, 4) is 11.5 Å². The Morgan fingerprint density at radius 3 is 2.40 bits per heavy atom. The Labute approximate surface area is 237 Å². The van der Waals surface area contributed by atoms with Crippen LogP contribution in [0.25, 0.3) is 0 Å². The number of fused-ring (bicyclic) bond motifs is 1. The minimum absolute atomic E-state index is 0.0932. The molecule has 2 aromatic carbocycles. The van der Waals surface area contributed by atoms with Crippen molar-refractivity contribution in [1.82, 2.24) is 10.2 Å². The lowest BCUT2D eigenvalue weighted by atomic mass is 9.95. The molecule has 40 heavy (non-hydrogen) atoms. The molecule has 0 bridgehead atoms. The smallest absolute Gasteiger partial charge is 0.243 e. The van der Waals surface area contributed by atoms with Crippen LogP contribution in [0.15, 0.2) is 42.5 Å². The molecular weight excluding hydrogens is 530 g/mol. The van der Waals surface area contributed by atoms with Gasteiger partial charge in [0.1, 0.15) is 6.04 Å². The Morgan fingerprint density at radius 1 is 1.02 bits per heavy atom. The maximum Gasteiger partial charge on any atom is 0.243 e. The number of hydrogen-bond donors (Lipinski definition) is 1. The summed E-state index contributed by atoms with van der Waals surface area (Å²) >= 11 is 0. The Hall–Kier alpha value is -3.27. The molecule has 0 radical (unpaired) electrons. The number of nitrogens with one attached hydrogen (secondary N) is 1. The summed E-state index contributed by atoms with van der Waals surface area (Å²) in [6.45, 7) is 4.45. The number of sulfonamides is 1. The summed E-state index contributed by atoms with van der Waals surface area (Å²) in [6.07, 6.45) is 7.38. The van der Waals surface area contributed by atoms with Gasteiger partial charge >= 0.3 is 0 Å². The number of rotatable bonds is 12. The van der Waals surface area contributed by atoms with Crippen molar-refractivity contribution < 1.29 is 27.5 Å². The van der Waals surface area contributed by atoms with Gasteiger partial charge in [-0.25, -0.2) is 8.42 Å². The summed E-state index contributed by atoms with van der Waals surface area (Å²) in [5.41, 5.74) is 2.52. The second-order valence-corrected chi connectivity index (χ2v) is 12.7. The van der Waals surface area contributed by atoms with Crippen molar-refractivity contribution >= 4 is 27.5 Å². The van der Waals surface area contributed by atoms with E-state index < -0.39 is 16.1 Å². The molecule has 1 saturated carbocycles. The summed E-state index contributed by atoms with van der Waals surface area (Å²) in [6, 6.07) is 12.5. The number of anilines is 1. The highest BCUT2D eigenvalue weighted by molar-refractivity contribution is 7.92. The minimum Gasteiger partial charge on any atom is -0.454 e. The highest BCUT2D eigenvalue weighted by Crippen LogP contribution is 2.36. The largest absolute Gasteiger partial charge is 0.454 e. The van der Waals surface area contributed by atoms with E-state index in [-0.39, 0.29) is 37.6 Å². The monoisotopic (exact) mass is 571 g/mol. The number of amides is 2. The summed E-state index contributed by atoms with van der Waals surface area (Å²) in [5.74, 6) is 0.760. The van der Waals surface area contributed by atoms with E-state index in [2.05, 4.69) is 5.32 Å². The van der Waals surface area contributed by atoms with E-state index in [4.69, 9.17) is 9.47 Å². The van der Waals surface area contributed by atoms with Gasteiger partial charge in [-0.2, -0.15) is 0 Å². The van der Waals surface area contributed by atoms with Crippen molar-refractivity contribution in [3.63, 3.8) is 0 Å². The maximum absolute atomic E-state index is 13.7. The van der Waals surface area contributed by atoms with Crippen LogP contribution < -0.4 is 19.1 Å². The summed E-state index contributed by atoms with van der Waals surface area (Å²) in [4.78, 5) is 28.7. The second kappa shape index (κ2) is 13.4. The van der Waals surface area contributed by atoms with Crippen LogP contribution in [0, 0.1) is 6.92 Å². The molecule has 0 unspecified atom stereocenters. The molecule has 0 aromatic heterocycles. The van der Waals surface area contributed by atoms with Crippen molar-refractivity contribution in [2.75, 3.05) is 23.9 Å². The van der Waals surface area contributed by atoms with Crippen LogP contribution >= 0.6 is 0 Å². The van der Waals surface area contributed by atoms with E-state index in [1.165, 1.54) is 10.7 Å². The van der Waals surface area contributed by atoms with Crippen LogP contribution in [0.4, 0.5) is 5.69 Å². The normalized spacial score (nSPS) is 15.9. The average molecular weight is 572 g/mol. The van der Waals surface area contributed by atoms with Crippen molar-refractivity contribution in [3.05, 3.63) is 53.6 Å². The number of carbonyl (C=O) groups excluding carboxylic acids is 2. The van der Waals surface area contributed by atoms with Gasteiger partial charge in [0.05, 0.1) is 11.9 Å². The molecule has 0 spiro atoms. The van der Waals surface area contributed by atoms with Gasteiger partial charge in [-0.15, -0.1) is 0 Å². The van der Waals surface area contributed by atoms with E-state index >= 15 is 0 Å². The zero-order valence-electron chi connectivity index (χ0n) is 23.7. The van der Waals surface area contributed by atoms with Crippen LogP contribution in [0.2, 0.25) is 0 Å². The fourth-order valence-corrected chi connectivity index (χ4v) is 6.36. The Bertz CT molecular complexity index is 1270. The molecule has 1 heterocycles. The van der Waals surface area contributed by atoms with Gasteiger partial charge in [0, 0.05) is 31.6 Å². The number of nitrogens with zero attached hydrogens (tertiary/aromatic N) is 2. The maximum atomic E-state index is 13.7. The third-order valence-electron chi connectivity index (χ3n) is 7.61. The summed E-state index contributed by atoms with van der Waals surface area (Å²) in [7, 11) is -3.61. The van der Waals surface area contributed by atoms with Gasteiger partial charge in [-0.1, -0.05) is 56.0 Å². The zero-order valence-corrected chi connectivity index (χ0v) is 24.5. The molecule has 1 atom stereocenters. The third-order valence-corrected chi connectivity index (χ3v) is 8.80. The molecule has 218 valence electrons. The molecule has 10 heteroatoms. The van der Waals surface area contributed by atoms with Crippen molar-refractivity contribution in [1.29, 1.82) is 0 Å². The molecule has 2 aromatic rings. The topological polar surface area (TPSA) is 105 Å². The molecule has 2 amide bonds. The van der Waals surface area contributed by atoms with Gasteiger partial charge in [0.2, 0.25) is 28.6 Å². The molecule has 1 aliphatic heterocycles. The number of ether oxygens (including phenoxy) is 2. The number of aryl methyl sites for hydroxylation is 1. The minimum atomic E-state index is -3.61. The van der Waals surface area contributed by atoms with Crippen molar-refractivity contribution in [2.24, 2.45) is 0 Å². The third kappa shape index (κ3) is 7.68. The van der Waals surface area contributed by atoms with E-state index in [1.807, 2.05) is 38.1 Å². The van der Waals surface area contributed by atoms with E-state index in [0.29, 0.717) is 36.6 Å². The predicted octanol–water partition coefficient (Wildman–Crippen LogP) is 4.53. The number of hydrogen-bond acceptors (Lipinski definition) is 6. The molecule has 9 nitrogen and oxygen atoms in total. The van der Waals surface area contributed by atoms with Gasteiger partial charge in [-0.3, -0.25) is 13.9 Å². The lowest BCUT2D eigenvalue weighted by Gasteiger charge is -2.33. The lowest BCUT2D eigenvalue weighted by Crippen LogP contribution is -2.51. The quantitative estimate of drug-likeness (QED) is 0.402. The fraction of sp³-hybridized carbons (Fsp3) is 0.533. The van der Waals surface area contributed by atoms with Crippen molar-refractivity contribution in [2.45, 2.75) is 83.8 Å². The summed E-state index contributed by atoms with van der Waals surface area (Å²) in [5, 5.41) is 3.19. The second-order valence-electron chi connectivity index (χ2n) is 10.8. The van der Waals surface area contributed by atoms with Gasteiger partial charge < -0.3 is 19.7 Å². The Kier molecular flexibility index (Phi) is 9.95. The van der Waals surface area contributed by atoms with Crippen LogP contribution in [0.3, 0.4) is 0 Å².